The highest BCUT2D eigenvalue weighted by Crippen LogP contribution is 2.50. The second-order valence-corrected chi connectivity index (χ2v) is 10.8. The molecule has 0 aromatic rings. The van der Waals surface area contributed by atoms with E-state index in [0.29, 0.717) is 24.6 Å². The first kappa shape index (κ1) is 20.4. The molecule has 0 aromatic heterocycles. The molecule has 0 spiro atoms. The van der Waals surface area contributed by atoms with Gasteiger partial charge < -0.3 is 9.05 Å². The van der Waals surface area contributed by atoms with E-state index in [1.54, 1.807) is 0 Å². The molecule has 0 N–H and O–H groups in total. The highest BCUT2D eigenvalue weighted by molar-refractivity contribution is 7.59. The van der Waals surface area contributed by atoms with E-state index >= 15 is 0 Å². The zero-order valence-corrected chi connectivity index (χ0v) is 15.4. The Morgan fingerprint density at radius 3 is 1.05 bits per heavy atom. The molecule has 0 aliphatic rings. The Labute approximate surface area is 124 Å². The van der Waals surface area contributed by atoms with Gasteiger partial charge in [-0.05, 0) is 25.7 Å². The molecule has 0 atom stereocenters. The fourth-order valence-electron chi connectivity index (χ4n) is 2.25. The normalized spacial score (nSPS) is 12.8. The Kier molecular flexibility index (Phi) is 11.2. The quantitative estimate of drug-likeness (QED) is 0.344. The summed E-state index contributed by atoms with van der Waals surface area (Å²) in [4.78, 5) is 0. The van der Waals surface area contributed by atoms with Gasteiger partial charge in [0.15, 0.2) is 0 Å². The van der Waals surface area contributed by atoms with Gasteiger partial charge in [0.25, 0.3) is 0 Å². The summed E-state index contributed by atoms with van der Waals surface area (Å²) in [6.45, 7) is 8.62. The van der Waals surface area contributed by atoms with Gasteiger partial charge in [-0.1, -0.05) is 27.7 Å². The first-order chi connectivity index (χ1) is 9.45. The first-order valence-electron chi connectivity index (χ1n) is 7.90. The summed E-state index contributed by atoms with van der Waals surface area (Å²) in [5, 5.41) is 0. The van der Waals surface area contributed by atoms with Crippen molar-refractivity contribution in [2.45, 2.75) is 53.4 Å². The summed E-state index contributed by atoms with van der Waals surface area (Å²) < 4.78 is 36.0. The van der Waals surface area contributed by atoms with Gasteiger partial charge >= 0.3 is 0 Å². The molecule has 0 radical (unpaired) electrons. The smallest absolute Gasteiger partial charge is 0.203 e. The Morgan fingerprint density at radius 2 is 0.850 bits per heavy atom. The molecule has 122 valence electrons. The first-order valence-corrected chi connectivity index (χ1v) is 11.9. The Morgan fingerprint density at radius 1 is 0.600 bits per heavy atom. The van der Waals surface area contributed by atoms with Gasteiger partial charge in [-0.15, -0.1) is 0 Å². The van der Waals surface area contributed by atoms with Gasteiger partial charge in [-0.3, -0.25) is 9.13 Å². The van der Waals surface area contributed by atoms with Crippen LogP contribution in [0.3, 0.4) is 0 Å². The number of hydrogen-bond acceptors (Lipinski definition) is 4. The van der Waals surface area contributed by atoms with Gasteiger partial charge in [0.05, 0.1) is 13.2 Å². The zero-order valence-electron chi connectivity index (χ0n) is 13.6. The van der Waals surface area contributed by atoms with Crippen LogP contribution in [-0.2, 0) is 18.2 Å². The van der Waals surface area contributed by atoms with Crippen molar-refractivity contribution in [1.29, 1.82) is 0 Å². The van der Waals surface area contributed by atoms with Crippen molar-refractivity contribution in [3.63, 3.8) is 0 Å². The van der Waals surface area contributed by atoms with Crippen LogP contribution in [0.1, 0.15) is 53.4 Å². The van der Waals surface area contributed by atoms with Crippen LogP contribution in [0.5, 0.6) is 0 Å². The van der Waals surface area contributed by atoms with E-state index in [-0.39, 0.29) is 13.2 Å². The Hall–Kier alpha value is 0.380. The summed E-state index contributed by atoms with van der Waals surface area (Å²) >= 11 is 0. The van der Waals surface area contributed by atoms with E-state index < -0.39 is 14.7 Å². The Bertz CT molecular complexity index is 279. The molecule has 20 heavy (non-hydrogen) atoms. The van der Waals surface area contributed by atoms with Gasteiger partial charge in [0, 0.05) is 24.6 Å². The third-order valence-corrected chi connectivity index (χ3v) is 8.81. The summed E-state index contributed by atoms with van der Waals surface area (Å²) in [6.07, 6.45) is 5.96. The van der Waals surface area contributed by atoms with Gasteiger partial charge in [-0.2, -0.15) is 0 Å². The van der Waals surface area contributed by atoms with E-state index in [2.05, 4.69) is 0 Å². The van der Waals surface area contributed by atoms with Crippen LogP contribution in [0.15, 0.2) is 0 Å². The van der Waals surface area contributed by atoms with Crippen LogP contribution >= 0.6 is 14.7 Å². The van der Waals surface area contributed by atoms with E-state index in [1.165, 1.54) is 0 Å². The van der Waals surface area contributed by atoms with Crippen molar-refractivity contribution in [3.8, 4) is 0 Å². The second-order valence-electron chi connectivity index (χ2n) is 5.19. The molecular formula is C14H32O4P2. The van der Waals surface area contributed by atoms with Crippen LogP contribution < -0.4 is 0 Å². The minimum Gasteiger partial charge on any atom is -0.326 e. The van der Waals surface area contributed by atoms with Gasteiger partial charge in [0.1, 0.15) is 0 Å². The SMILES string of the molecule is CCCP(=O)(CCC)OCCOP(=O)(CCC)CCC. The zero-order chi connectivity index (χ0) is 15.5. The summed E-state index contributed by atoms with van der Waals surface area (Å²) in [5.74, 6) is 0. The molecular weight excluding hydrogens is 294 g/mol. The standard InChI is InChI=1S/C14H32O4P2/c1-5-11-19(15,12-6-2)17-9-10-18-20(16,13-7-3)14-8-4/h5-14H2,1-4H3. The maximum absolute atomic E-state index is 12.4. The summed E-state index contributed by atoms with van der Waals surface area (Å²) in [6, 6.07) is 0. The fraction of sp³-hybridized carbons (Fsp3) is 1.00. The van der Waals surface area contributed by atoms with E-state index in [4.69, 9.17) is 9.05 Å². The van der Waals surface area contributed by atoms with Crippen molar-refractivity contribution in [1.82, 2.24) is 0 Å². The molecule has 0 fully saturated rings. The molecule has 0 bridgehead atoms. The lowest BCUT2D eigenvalue weighted by Crippen LogP contribution is -2.08. The lowest BCUT2D eigenvalue weighted by atomic mass is 10.6. The third kappa shape index (κ3) is 8.62. The van der Waals surface area contributed by atoms with Crippen LogP contribution in [0.4, 0.5) is 0 Å². The van der Waals surface area contributed by atoms with Crippen molar-refractivity contribution >= 4 is 14.7 Å². The lowest BCUT2D eigenvalue weighted by Gasteiger charge is -2.20. The topological polar surface area (TPSA) is 52.6 Å². The van der Waals surface area contributed by atoms with Crippen molar-refractivity contribution in [3.05, 3.63) is 0 Å². The third-order valence-electron chi connectivity index (χ3n) is 2.99. The van der Waals surface area contributed by atoms with Crippen LogP contribution in [0.2, 0.25) is 0 Å². The lowest BCUT2D eigenvalue weighted by molar-refractivity contribution is 0.218. The minimum atomic E-state index is -2.50. The highest BCUT2D eigenvalue weighted by Gasteiger charge is 2.23. The molecule has 0 aromatic carbocycles. The molecule has 6 heteroatoms. The average molecular weight is 326 g/mol. The van der Waals surface area contributed by atoms with E-state index in [1.807, 2.05) is 27.7 Å². The van der Waals surface area contributed by atoms with Crippen molar-refractivity contribution in [2.75, 3.05) is 37.9 Å². The highest BCUT2D eigenvalue weighted by atomic mass is 31.2. The monoisotopic (exact) mass is 326 g/mol. The molecule has 0 amide bonds. The summed E-state index contributed by atoms with van der Waals surface area (Å²) in [5.41, 5.74) is 0. The molecule has 4 nitrogen and oxygen atoms in total. The van der Waals surface area contributed by atoms with Gasteiger partial charge in [-0.25, -0.2) is 0 Å². The summed E-state index contributed by atoms with van der Waals surface area (Å²) in [7, 11) is -5.00. The fourth-order valence-corrected chi connectivity index (χ4v) is 6.76. The van der Waals surface area contributed by atoms with Crippen LogP contribution in [0, 0.1) is 0 Å². The van der Waals surface area contributed by atoms with Gasteiger partial charge in [0.2, 0.25) is 14.7 Å². The maximum atomic E-state index is 12.4. The maximum Gasteiger partial charge on any atom is 0.203 e. The van der Waals surface area contributed by atoms with E-state index in [9.17, 15) is 9.13 Å². The molecule has 0 saturated carbocycles. The molecule has 0 unspecified atom stereocenters. The molecule has 0 aliphatic carbocycles. The molecule has 0 saturated heterocycles. The van der Waals surface area contributed by atoms with Crippen LogP contribution in [0.25, 0.3) is 0 Å². The molecule has 0 rings (SSSR count). The number of rotatable bonds is 13. The average Bonchev–Trinajstić information content (AvgIpc) is 2.36. The predicted octanol–water partition coefficient (Wildman–Crippen LogP) is 5.22. The Balaban J connectivity index is 4.20. The largest absolute Gasteiger partial charge is 0.326 e. The van der Waals surface area contributed by atoms with Crippen molar-refractivity contribution in [2.24, 2.45) is 0 Å². The molecule has 0 heterocycles. The van der Waals surface area contributed by atoms with Crippen LogP contribution in [-0.4, -0.2) is 37.9 Å². The van der Waals surface area contributed by atoms with Crippen molar-refractivity contribution < 1.29 is 18.2 Å². The second kappa shape index (κ2) is 11.0. The van der Waals surface area contributed by atoms with E-state index in [0.717, 1.165) is 25.7 Å². The number of hydrogen-bond donors (Lipinski definition) is 0. The minimum absolute atomic E-state index is 0.286. The molecule has 0 aliphatic heterocycles. The predicted molar refractivity (Wildman–Crippen MR) is 87.7 cm³/mol.